The smallest absolute Gasteiger partial charge is 0.120 e. The van der Waals surface area contributed by atoms with Gasteiger partial charge in [0.1, 0.15) is 11.5 Å². The summed E-state index contributed by atoms with van der Waals surface area (Å²) in [6.07, 6.45) is 0.716. The summed E-state index contributed by atoms with van der Waals surface area (Å²) in [5.74, 6) is 1.36. The van der Waals surface area contributed by atoms with E-state index in [1.165, 1.54) is 0 Å². The molecule has 0 spiro atoms. The lowest BCUT2D eigenvalue weighted by Gasteiger charge is -2.08. The van der Waals surface area contributed by atoms with Gasteiger partial charge >= 0.3 is 0 Å². The van der Waals surface area contributed by atoms with E-state index in [4.69, 9.17) is 20.0 Å². The summed E-state index contributed by atoms with van der Waals surface area (Å²) >= 11 is 0. The van der Waals surface area contributed by atoms with Crippen molar-refractivity contribution >= 4 is 0 Å². The van der Waals surface area contributed by atoms with E-state index in [-0.39, 0.29) is 0 Å². The van der Waals surface area contributed by atoms with Gasteiger partial charge in [-0.05, 0) is 36.4 Å². The molecule has 4 heteroatoms. The Morgan fingerprint density at radius 3 is 1.67 bits per heavy atom. The van der Waals surface area contributed by atoms with Gasteiger partial charge in [-0.2, -0.15) is 10.5 Å². The van der Waals surface area contributed by atoms with Gasteiger partial charge in [0.25, 0.3) is 0 Å². The molecular weight excluding hydrogens is 264 g/mol. The molecule has 104 valence electrons. The molecule has 0 atom stereocenters. The Labute approximate surface area is 123 Å². The minimum atomic E-state index is 0.507. The number of hydrogen-bond donors (Lipinski definition) is 0. The molecule has 2 aromatic rings. The Morgan fingerprint density at radius 2 is 1.24 bits per heavy atom. The van der Waals surface area contributed by atoms with Crippen LogP contribution in [0, 0.1) is 22.7 Å². The van der Waals surface area contributed by atoms with Crippen LogP contribution in [0.25, 0.3) is 0 Å². The van der Waals surface area contributed by atoms with E-state index in [0.717, 1.165) is 0 Å². The van der Waals surface area contributed by atoms with Crippen LogP contribution in [-0.2, 0) is 0 Å². The zero-order chi connectivity index (χ0) is 14.9. The molecule has 0 amide bonds. The van der Waals surface area contributed by atoms with Crippen LogP contribution in [0.15, 0.2) is 48.5 Å². The third kappa shape index (κ3) is 4.56. The van der Waals surface area contributed by atoms with Crippen molar-refractivity contribution in [1.29, 1.82) is 10.5 Å². The molecule has 2 aromatic carbocycles. The fourth-order valence-corrected chi connectivity index (χ4v) is 1.75. The highest BCUT2D eigenvalue weighted by Gasteiger charge is 1.98. The van der Waals surface area contributed by atoms with E-state index >= 15 is 0 Å². The highest BCUT2D eigenvalue weighted by atomic mass is 16.5. The molecule has 21 heavy (non-hydrogen) atoms. The van der Waals surface area contributed by atoms with Crippen molar-refractivity contribution in [3.8, 4) is 23.6 Å². The van der Waals surface area contributed by atoms with Crippen LogP contribution >= 0.6 is 0 Å². The van der Waals surface area contributed by atoms with Crippen molar-refractivity contribution in [3.05, 3.63) is 59.7 Å². The quantitative estimate of drug-likeness (QED) is 0.760. The molecule has 0 bridgehead atoms. The van der Waals surface area contributed by atoms with Gasteiger partial charge in [-0.15, -0.1) is 0 Å². The van der Waals surface area contributed by atoms with Crippen LogP contribution in [0.2, 0.25) is 0 Å². The van der Waals surface area contributed by atoms with E-state index in [2.05, 4.69) is 12.1 Å². The molecule has 2 rings (SSSR count). The largest absolute Gasteiger partial charge is 0.493 e. The molecule has 0 N–H and O–H groups in total. The van der Waals surface area contributed by atoms with Crippen molar-refractivity contribution in [2.24, 2.45) is 0 Å². The van der Waals surface area contributed by atoms with Crippen LogP contribution in [0.3, 0.4) is 0 Å². The topological polar surface area (TPSA) is 66.0 Å². The molecule has 0 saturated heterocycles. The molecule has 0 aliphatic carbocycles. The summed E-state index contributed by atoms with van der Waals surface area (Å²) in [5.41, 5.74) is 1.16. The van der Waals surface area contributed by atoms with Crippen LogP contribution in [0.5, 0.6) is 11.5 Å². The number of nitriles is 2. The van der Waals surface area contributed by atoms with E-state index in [1.807, 2.05) is 12.1 Å². The van der Waals surface area contributed by atoms with Crippen molar-refractivity contribution < 1.29 is 9.47 Å². The second kappa shape index (κ2) is 7.57. The molecular formula is C17H14N2O2. The maximum atomic E-state index is 8.79. The standard InChI is InChI=1S/C17H14N2O2/c18-12-14-4-1-6-16(10-14)20-8-3-9-21-17-7-2-5-15(11-17)13-19/h1-2,4-7,10-11H,3,8-9H2. The first kappa shape index (κ1) is 14.4. The van der Waals surface area contributed by atoms with Gasteiger partial charge in [0.05, 0.1) is 36.5 Å². The van der Waals surface area contributed by atoms with E-state index < -0.39 is 0 Å². The van der Waals surface area contributed by atoms with Gasteiger partial charge < -0.3 is 9.47 Å². The minimum absolute atomic E-state index is 0.507. The first-order chi connectivity index (χ1) is 10.3. The fourth-order valence-electron chi connectivity index (χ4n) is 1.75. The minimum Gasteiger partial charge on any atom is -0.493 e. The van der Waals surface area contributed by atoms with Gasteiger partial charge in [0, 0.05) is 6.42 Å². The van der Waals surface area contributed by atoms with Crippen molar-refractivity contribution in [2.75, 3.05) is 13.2 Å². The highest BCUT2D eigenvalue weighted by Crippen LogP contribution is 2.14. The highest BCUT2D eigenvalue weighted by molar-refractivity contribution is 5.36. The number of nitrogens with zero attached hydrogens (tertiary/aromatic N) is 2. The predicted molar refractivity (Wildman–Crippen MR) is 77.9 cm³/mol. The summed E-state index contributed by atoms with van der Waals surface area (Å²) in [5, 5.41) is 17.6. The SMILES string of the molecule is N#Cc1cccc(OCCCOc2cccc(C#N)c2)c1. The van der Waals surface area contributed by atoms with Gasteiger partial charge in [-0.3, -0.25) is 0 Å². The Morgan fingerprint density at radius 1 is 0.762 bits per heavy atom. The summed E-state index contributed by atoms with van der Waals surface area (Å²) in [7, 11) is 0. The average Bonchev–Trinajstić information content (AvgIpc) is 2.55. The maximum Gasteiger partial charge on any atom is 0.120 e. The molecule has 0 fully saturated rings. The fraction of sp³-hybridized carbons (Fsp3) is 0.176. The Kier molecular flexibility index (Phi) is 5.20. The molecule has 0 aliphatic heterocycles. The Bertz CT molecular complexity index is 624. The summed E-state index contributed by atoms with van der Waals surface area (Å²) in [6, 6.07) is 18.2. The van der Waals surface area contributed by atoms with Gasteiger partial charge in [-0.1, -0.05) is 12.1 Å². The normalized spacial score (nSPS) is 9.43. The van der Waals surface area contributed by atoms with Gasteiger partial charge in [-0.25, -0.2) is 0 Å². The van der Waals surface area contributed by atoms with Gasteiger partial charge in [0.2, 0.25) is 0 Å². The zero-order valence-electron chi connectivity index (χ0n) is 11.5. The summed E-state index contributed by atoms with van der Waals surface area (Å²) in [4.78, 5) is 0. The molecule has 0 heterocycles. The van der Waals surface area contributed by atoms with Crippen LogP contribution in [0.1, 0.15) is 17.5 Å². The van der Waals surface area contributed by atoms with E-state index in [0.29, 0.717) is 42.3 Å². The lowest BCUT2D eigenvalue weighted by atomic mass is 10.2. The molecule has 0 unspecified atom stereocenters. The van der Waals surface area contributed by atoms with Crippen LogP contribution in [0.4, 0.5) is 0 Å². The first-order valence-electron chi connectivity index (χ1n) is 6.58. The summed E-state index contributed by atoms with van der Waals surface area (Å²) in [6.45, 7) is 1.01. The molecule has 4 nitrogen and oxygen atoms in total. The second-order valence-electron chi connectivity index (χ2n) is 4.33. The number of ether oxygens (including phenoxy) is 2. The molecule has 0 aromatic heterocycles. The van der Waals surface area contributed by atoms with Crippen molar-refractivity contribution in [3.63, 3.8) is 0 Å². The van der Waals surface area contributed by atoms with Gasteiger partial charge in [0.15, 0.2) is 0 Å². The van der Waals surface area contributed by atoms with Crippen LogP contribution < -0.4 is 9.47 Å². The van der Waals surface area contributed by atoms with E-state index in [1.54, 1.807) is 36.4 Å². The van der Waals surface area contributed by atoms with E-state index in [9.17, 15) is 0 Å². The first-order valence-corrected chi connectivity index (χ1v) is 6.58. The second-order valence-corrected chi connectivity index (χ2v) is 4.33. The zero-order valence-corrected chi connectivity index (χ0v) is 11.5. The predicted octanol–water partition coefficient (Wildman–Crippen LogP) is 3.28. The third-order valence-electron chi connectivity index (χ3n) is 2.75. The lowest BCUT2D eigenvalue weighted by molar-refractivity contribution is 0.247. The lowest BCUT2D eigenvalue weighted by Crippen LogP contribution is -2.05. The third-order valence-corrected chi connectivity index (χ3v) is 2.75. The maximum absolute atomic E-state index is 8.79. The monoisotopic (exact) mass is 278 g/mol. The Hall–Kier alpha value is -2.98. The average molecular weight is 278 g/mol. The number of hydrogen-bond acceptors (Lipinski definition) is 4. The molecule has 0 saturated carbocycles. The summed E-state index contributed by atoms with van der Waals surface area (Å²) < 4.78 is 11.1. The number of rotatable bonds is 6. The molecule has 0 radical (unpaired) electrons. The Balaban J connectivity index is 1.72. The van der Waals surface area contributed by atoms with Crippen molar-refractivity contribution in [1.82, 2.24) is 0 Å². The van der Waals surface area contributed by atoms with Crippen LogP contribution in [-0.4, -0.2) is 13.2 Å². The molecule has 0 aliphatic rings. The van der Waals surface area contributed by atoms with Crippen molar-refractivity contribution in [2.45, 2.75) is 6.42 Å². The number of benzene rings is 2.